The van der Waals surface area contributed by atoms with Gasteiger partial charge in [-0.2, -0.15) is 0 Å². The van der Waals surface area contributed by atoms with E-state index in [1.165, 1.54) is 20.3 Å². The molecule has 0 saturated heterocycles. The van der Waals surface area contributed by atoms with Crippen molar-refractivity contribution in [1.82, 2.24) is 4.98 Å². The van der Waals surface area contributed by atoms with E-state index in [0.717, 1.165) is 5.69 Å². The number of anilines is 5. The molecule has 0 bridgehead atoms. The SMILES string of the molecule is COc1cc(NC(=O)Nc2ccc(N(CCCl)CCCl)cc2)cc(Nc2c3cccc(OC)c3nc3c(C(=O)OC(N)=O)cccc23)c1. The lowest BCUT2D eigenvalue weighted by Crippen LogP contribution is -2.27. The Morgan fingerprint density at radius 2 is 1.44 bits per heavy atom. The van der Waals surface area contributed by atoms with Gasteiger partial charge >= 0.3 is 18.1 Å². The predicted molar refractivity (Wildman–Crippen MR) is 190 cm³/mol. The fourth-order valence-corrected chi connectivity index (χ4v) is 5.61. The molecule has 0 fully saturated rings. The van der Waals surface area contributed by atoms with Crippen molar-refractivity contribution in [3.63, 3.8) is 0 Å². The number of para-hydroxylation sites is 2. The zero-order chi connectivity index (χ0) is 34.2. The highest BCUT2D eigenvalue weighted by molar-refractivity contribution is 6.19. The van der Waals surface area contributed by atoms with Gasteiger partial charge in [0.1, 0.15) is 17.0 Å². The molecule has 4 aromatic carbocycles. The fourth-order valence-electron chi connectivity index (χ4n) is 5.20. The van der Waals surface area contributed by atoms with Crippen LogP contribution in [0.15, 0.2) is 78.9 Å². The first kappa shape index (κ1) is 33.9. The Balaban J connectivity index is 1.47. The van der Waals surface area contributed by atoms with Crippen LogP contribution in [0.5, 0.6) is 11.5 Å². The number of nitrogens with zero attached hydrogens (tertiary/aromatic N) is 2. The molecule has 0 aliphatic rings. The number of hydrogen-bond donors (Lipinski definition) is 4. The molecule has 12 nitrogen and oxygen atoms in total. The highest BCUT2D eigenvalue weighted by atomic mass is 35.5. The summed E-state index contributed by atoms with van der Waals surface area (Å²) in [6.45, 7) is 1.30. The summed E-state index contributed by atoms with van der Waals surface area (Å²) >= 11 is 11.9. The molecule has 1 aromatic heterocycles. The number of hydrogen-bond acceptors (Lipinski definition) is 9. The van der Waals surface area contributed by atoms with Crippen LogP contribution in [0.25, 0.3) is 21.8 Å². The van der Waals surface area contributed by atoms with E-state index in [4.69, 9.17) is 43.4 Å². The van der Waals surface area contributed by atoms with Gasteiger partial charge in [-0.05, 0) is 42.5 Å². The van der Waals surface area contributed by atoms with E-state index in [-0.39, 0.29) is 11.1 Å². The number of carbonyl (C=O) groups is 3. The van der Waals surface area contributed by atoms with Crippen LogP contribution in [0.2, 0.25) is 0 Å². The molecular formula is C34H32Cl2N6O6. The Kier molecular flexibility index (Phi) is 10.9. The number of primary amides is 1. The van der Waals surface area contributed by atoms with E-state index in [1.54, 1.807) is 48.5 Å². The number of fused-ring (bicyclic) bond motifs is 2. The summed E-state index contributed by atoms with van der Waals surface area (Å²) in [5.74, 6) is 0.899. The number of benzene rings is 4. The zero-order valence-electron chi connectivity index (χ0n) is 26.0. The number of halogens is 2. The third kappa shape index (κ3) is 7.73. The monoisotopic (exact) mass is 690 g/mol. The van der Waals surface area contributed by atoms with Crippen molar-refractivity contribution in [2.45, 2.75) is 0 Å². The van der Waals surface area contributed by atoms with Crippen LogP contribution < -0.4 is 36.1 Å². The predicted octanol–water partition coefficient (Wildman–Crippen LogP) is 7.31. The largest absolute Gasteiger partial charge is 0.497 e. The minimum absolute atomic E-state index is 0.0330. The second-order valence-electron chi connectivity index (χ2n) is 10.3. The molecular weight excluding hydrogens is 659 g/mol. The van der Waals surface area contributed by atoms with Crippen molar-refractivity contribution < 1.29 is 28.6 Å². The van der Waals surface area contributed by atoms with Crippen LogP contribution in [0, 0.1) is 0 Å². The highest BCUT2D eigenvalue weighted by Crippen LogP contribution is 2.39. The second kappa shape index (κ2) is 15.4. The van der Waals surface area contributed by atoms with Crippen LogP contribution in [-0.2, 0) is 4.74 Å². The van der Waals surface area contributed by atoms with Crippen LogP contribution in [0.1, 0.15) is 10.4 Å². The Bertz CT molecular complexity index is 1970. The number of pyridine rings is 1. The third-order valence-corrected chi connectivity index (χ3v) is 7.64. The van der Waals surface area contributed by atoms with E-state index >= 15 is 0 Å². The average molecular weight is 692 g/mol. The minimum Gasteiger partial charge on any atom is -0.497 e. The summed E-state index contributed by atoms with van der Waals surface area (Å²) in [6.07, 6.45) is -1.23. The molecule has 0 aliphatic heterocycles. The van der Waals surface area contributed by atoms with Gasteiger partial charge in [-0.3, -0.25) is 0 Å². The summed E-state index contributed by atoms with van der Waals surface area (Å²) in [5.41, 5.74) is 8.94. The smallest absolute Gasteiger partial charge is 0.412 e. The lowest BCUT2D eigenvalue weighted by Gasteiger charge is -2.23. The molecule has 0 saturated carbocycles. The molecule has 5 aromatic rings. The standard InChI is InChI=1S/C34H32Cl2N6O6/c1-46-24-18-21(17-22(19-24)40-34(45)39-20-9-11-23(12-10-20)42(15-13-35)16-14-36)38-29-25-5-3-7-27(32(43)48-33(37)44)30(25)41-31-26(29)6-4-8-28(31)47-2/h3-12,17-19H,13-16H2,1-2H3,(H2,37,44)(H,38,41)(H2,39,40,45). The van der Waals surface area contributed by atoms with Gasteiger partial charge in [-0.25, -0.2) is 19.4 Å². The maximum atomic E-state index is 13.0. The molecule has 0 aliphatic carbocycles. The maximum Gasteiger partial charge on any atom is 0.412 e. The van der Waals surface area contributed by atoms with Crippen LogP contribution in [0.4, 0.5) is 38.0 Å². The number of rotatable bonds is 12. The first-order valence-electron chi connectivity index (χ1n) is 14.7. The van der Waals surface area contributed by atoms with E-state index in [9.17, 15) is 14.4 Å². The number of amides is 3. The molecule has 5 N–H and O–H groups in total. The molecule has 5 rings (SSSR count). The lowest BCUT2D eigenvalue weighted by molar-refractivity contribution is 0.0640. The molecule has 0 spiro atoms. The quantitative estimate of drug-likeness (QED) is 0.0456. The molecule has 48 heavy (non-hydrogen) atoms. The normalized spacial score (nSPS) is 10.8. The van der Waals surface area contributed by atoms with Crippen LogP contribution >= 0.6 is 23.2 Å². The number of aromatic nitrogens is 1. The summed E-state index contributed by atoms with van der Waals surface area (Å²) < 4.78 is 15.8. The van der Waals surface area contributed by atoms with Crippen molar-refractivity contribution in [2.24, 2.45) is 5.73 Å². The number of carbonyl (C=O) groups excluding carboxylic acids is 3. The van der Waals surface area contributed by atoms with Crippen molar-refractivity contribution in [2.75, 3.05) is 59.9 Å². The molecule has 0 unspecified atom stereocenters. The van der Waals surface area contributed by atoms with Gasteiger partial charge in [-0.15, -0.1) is 23.2 Å². The molecule has 248 valence electrons. The molecule has 3 amide bonds. The summed E-state index contributed by atoms with van der Waals surface area (Å²) in [6, 6.07) is 22.4. The average Bonchev–Trinajstić information content (AvgIpc) is 3.07. The van der Waals surface area contributed by atoms with Gasteiger partial charge in [0.15, 0.2) is 0 Å². The summed E-state index contributed by atoms with van der Waals surface area (Å²) in [5, 5.41) is 10.3. The third-order valence-electron chi connectivity index (χ3n) is 7.30. The Labute approximate surface area is 286 Å². The van der Waals surface area contributed by atoms with Gasteiger partial charge in [0.2, 0.25) is 0 Å². The molecule has 1 heterocycles. The van der Waals surface area contributed by atoms with Crippen LogP contribution in [-0.4, -0.2) is 62.1 Å². The first-order valence-corrected chi connectivity index (χ1v) is 15.7. The number of urea groups is 1. The van der Waals surface area contributed by atoms with Gasteiger partial charge in [0, 0.05) is 70.5 Å². The van der Waals surface area contributed by atoms with Crippen molar-refractivity contribution >= 4 is 91.5 Å². The van der Waals surface area contributed by atoms with Gasteiger partial charge in [0.25, 0.3) is 0 Å². The Morgan fingerprint density at radius 3 is 2.08 bits per heavy atom. The van der Waals surface area contributed by atoms with Crippen molar-refractivity contribution in [3.05, 3.63) is 84.4 Å². The van der Waals surface area contributed by atoms with E-state index < -0.39 is 18.1 Å². The van der Waals surface area contributed by atoms with Crippen molar-refractivity contribution in [3.8, 4) is 11.5 Å². The van der Waals surface area contributed by atoms with Crippen molar-refractivity contribution in [1.29, 1.82) is 0 Å². The molecule has 14 heteroatoms. The number of nitrogens with two attached hydrogens (primary N) is 1. The Hall–Kier alpha value is -5.46. The number of nitrogens with one attached hydrogen (secondary N) is 3. The first-order chi connectivity index (χ1) is 23.2. The van der Waals surface area contributed by atoms with Gasteiger partial charge in [0.05, 0.1) is 31.0 Å². The second-order valence-corrected chi connectivity index (χ2v) is 11.1. The van der Waals surface area contributed by atoms with Crippen LogP contribution in [0.3, 0.4) is 0 Å². The summed E-state index contributed by atoms with van der Waals surface area (Å²) in [4.78, 5) is 44.0. The van der Waals surface area contributed by atoms with E-state index in [0.29, 0.717) is 75.4 Å². The maximum absolute atomic E-state index is 13.0. The van der Waals surface area contributed by atoms with Gasteiger partial charge in [-0.1, -0.05) is 24.3 Å². The fraction of sp³-hybridized carbons (Fsp3) is 0.176. The summed E-state index contributed by atoms with van der Waals surface area (Å²) in [7, 11) is 3.03. The highest BCUT2D eigenvalue weighted by Gasteiger charge is 2.20. The van der Waals surface area contributed by atoms with E-state index in [2.05, 4.69) is 25.6 Å². The number of methoxy groups -OCH3 is 2. The number of esters is 1. The number of ether oxygens (including phenoxy) is 3. The number of alkyl halides is 2. The topological polar surface area (TPSA) is 157 Å². The molecule has 0 radical (unpaired) electrons. The zero-order valence-corrected chi connectivity index (χ0v) is 27.5. The van der Waals surface area contributed by atoms with Gasteiger partial charge < -0.3 is 40.8 Å². The Morgan fingerprint density at radius 1 is 0.792 bits per heavy atom. The minimum atomic E-state index is -1.23. The van der Waals surface area contributed by atoms with E-state index in [1.807, 2.05) is 24.3 Å². The molecule has 0 atom stereocenters. The lowest BCUT2D eigenvalue weighted by atomic mass is 10.0.